The number of amides is 1. The van der Waals surface area contributed by atoms with E-state index in [1.807, 2.05) is 23.2 Å². The molecule has 3 atom stereocenters. The van der Waals surface area contributed by atoms with Gasteiger partial charge >= 0.3 is 0 Å². The van der Waals surface area contributed by atoms with Crippen molar-refractivity contribution in [2.75, 3.05) is 26.7 Å². The Morgan fingerprint density at radius 2 is 1.96 bits per heavy atom. The summed E-state index contributed by atoms with van der Waals surface area (Å²) in [5, 5.41) is 0. The molecule has 4 rings (SSSR count). The molecule has 4 heteroatoms. The number of nitrogens with zero attached hydrogens (tertiary/aromatic N) is 2. The zero-order valence-electron chi connectivity index (χ0n) is 13.7. The van der Waals surface area contributed by atoms with Crippen molar-refractivity contribution < 1.29 is 4.79 Å². The van der Waals surface area contributed by atoms with Gasteiger partial charge in [0.1, 0.15) is 5.69 Å². The highest BCUT2D eigenvalue weighted by Crippen LogP contribution is 2.44. The van der Waals surface area contributed by atoms with Gasteiger partial charge in [0.05, 0.1) is 0 Å². The topological polar surface area (TPSA) is 39.3 Å². The lowest BCUT2D eigenvalue weighted by atomic mass is 9.88. The molecule has 0 aliphatic carbocycles. The summed E-state index contributed by atoms with van der Waals surface area (Å²) in [5.74, 6) is 1.24. The first-order chi connectivity index (χ1) is 11.1. The van der Waals surface area contributed by atoms with Gasteiger partial charge in [-0.3, -0.25) is 9.69 Å². The molecule has 0 radical (unpaired) electrons. The number of H-pyrrole nitrogens is 1. The quantitative estimate of drug-likeness (QED) is 0.926. The molecule has 2 saturated heterocycles. The average molecular weight is 309 g/mol. The number of carbonyl (C=O) groups is 1. The zero-order chi connectivity index (χ0) is 16.0. The molecule has 3 heterocycles. The Balaban J connectivity index is 1.58. The maximum absolute atomic E-state index is 12.6. The maximum atomic E-state index is 12.6. The van der Waals surface area contributed by atoms with Gasteiger partial charge in [-0.05, 0) is 43.1 Å². The highest BCUT2D eigenvalue weighted by Gasteiger charge is 2.47. The third-order valence-electron chi connectivity index (χ3n) is 5.52. The molecular weight excluding hydrogens is 286 g/mol. The molecule has 0 bridgehead atoms. The molecule has 23 heavy (non-hydrogen) atoms. The van der Waals surface area contributed by atoms with Crippen LogP contribution in [0, 0.1) is 18.8 Å². The summed E-state index contributed by atoms with van der Waals surface area (Å²) in [4.78, 5) is 20.1. The summed E-state index contributed by atoms with van der Waals surface area (Å²) < 4.78 is 0. The lowest BCUT2D eigenvalue weighted by molar-refractivity contribution is 0.0762. The van der Waals surface area contributed by atoms with Crippen LogP contribution in [0.15, 0.2) is 42.6 Å². The summed E-state index contributed by atoms with van der Waals surface area (Å²) in [7, 11) is 2.21. The van der Waals surface area contributed by atoms with E-state index in [9.17, 15) is 4.79 Å². The summed E-state index contributed by atoms with van der Waals surface area (Å²) in [5.41, 5.74) is 3.46. The van der Waals surface area contributed by atoms with Crippen LogP contribution in [0.3, 0.4) is 0 Å². The lowest BCUT2D eigenvalue weighted by Crippen LogP contribution is -2.33. The predicted octanol–water partition coefficient (Wildman–Crippen LogP) is 2.70. The molecule has 2 aliphatic heterocycles. The molecule has 4 nitrogen and oxygen atoms in total. The Bertz CT molecular complexity index is 709. The second-order valence-corrected chi connectivity index (χ2v) is 6.96. The number of aromatic amines is 1. The largest absolute Gasteiger partial charge is 0.357 e. The van der Waals surface area contributed by atoms with Gasteiger partial charge in [0.25, 0.3) is 5.91 Å². The Morgan fingerprint density at radius 3 is 2.70 bits per heavy atom. The second-order valence-electron chi connectivity index (χ2n) is 6.96. The van der Waals surface area contributed by atoms with E-state index in [1.54, 1.807) is 0 Å². The van der Waals surface area contributed by atoms with E-state index < -0.39 is 0 Å². The third-order valence-corrected chi connectivity index (χ3v) is 5.52. The molecule has 0 spiro atoms. The highest BCUT2D eigenvalue weighted by atomic mass is 16.2. The molecule has 1 aromatic heterocycles. The number of rotatable bonds is 2. The van der Waals surface area contributed by atoms with Crippen LogP contribution >= 0.6 is 0 Å². The number of benzene rings is 1. The lowest BCUT2D eigenvalue weighted by Gasteiger charge is -2.28. The third kappa shape index (κ3) is 2.38. The van der Waals surface area contributed by atoms with E-state index in [1.165, 1.54) is 11.1 Å². The smallest absolute Gasteiger partial charge is 0.270 e. The zero-order valence-corrected chi connectivity index (χ0v) is 13.7. The van der Waals surface area contributed by atoms with Gasteiger partial charge < -0.3 is 9.88 Å². The van der Waals surface area contributed by atoms with Crippen LogP contribution in [0.4, 0.5) is 0 Å². The number of fused-ring (bicyclic) bond motifs is 1. The molecule has 1 amide bonds. The number of hydrogen-bond donors (Lipinski definition) is 1. The summed E-state index contributed by atoms with van der Waals surface area (Å²) in [6.07, 6.45) is 1.81. The Kier molecular flexibility index (Phi) is 3.49. The van der Waals surface area contributed by atoms with Crippen LogP contribution in [0.2, 0.25) is 0 Å². The van der Waals surface area contributed by atoms with Crippen LogP contribution in [0.1, 0.15) is 27.7 Å². The van der Waals surface area contributed by atoms with Gasteiger partial charge in [-0.15, -0.1) is 0 Å². The minimum atomic E-state index is 0.135. The standard InChI is InChI=1S/C19H23N3O/c1-13-6-3-4-7-15(13)18-16-12-22(11-14(16)10-21(18)2)19(23)17-8-5-9-20-17/h3-9,14,16,18,20H,10-12H2,1-2H3/t14-,16+,18+/m0/s1. The van der Waals surface area contributed by atoms with E-state index in [4.69, 9.17) is 0 Å². The Hall–Kier alpha value is -2.07. The molecular formula is C19H23N3O. The first-order valence-electron chi connectivity index (χ1n) is 8.33. The number of aromatic nitrogens is 1. The van der Waals surface area contributed by atoms with Crippen molar-refractivity contribution in [1.82, 2.24) is 14.8 Å². The van der Waals surface area contributed by atoms with Gasteiger partial charge in [-0.25, -0.2) is 0 Å². The van der Waals surface area contributed by atoms with E-state index in [0.29, 0.717) is 23.6 Å². The first kappa shape index (κ1) is 14.5. The Labute approximate surface area is 137 Å². The molecule has 2 aliphatic rings. The van der Waals surface area contributed by atoms with Gasteiger partial charge in [-0.1, -0.05) is 24.3 Å². The van der Waals surface area contributed by atoms with Crippen molar-refractivity contribution >= 4 is 5.91 Å². The number of hydrogen-bond acceptors (Lipinski definition) is 2. The predicted molar refractivity (Wildman–Crippen MR) is 90.2 cm³/mol. The molecule has 0 unspecified atom stereocenters. The number of likely N-dealkylation sites (tertiary alicyclic amines) is 2. The molecule has 1 aromatic carbocycles. The summed E-state index contributed by atoms with van der Waals surface area (Å²) >= 11 is 0. The van der Waals surface area contributed by atoms with E-state index in [2.05, 4.69) is 48.1 Å². The monoisotopic (exact) mass is 309 g/mol. The van der Waals surface area contributed by atoms with Gasteiger partial charge in [0.2, 0.25) is 0 Å². The van der Waals surface area contributed by atoms with E-state index in [-0.39, 0.29) is 5.91 Å². The fraction of sp³-hybridized carbons (Fsp3) is 0.421. The van der Waals surface area contributed by atoms with E-state index in [0.717, 1.165) is 19.6 Å². The van der Waals surface area contributed by atoms with Crippen molar-refractivity contribution in [3.8, 4) is 0 Å². The van der Waals surface area contributed by atoms with Gasteiger partial charge in [-0.2, -0.15) is 0 Å². The maximum Gasteiger partial charge on any atom is 0.270 e. The van der Waals surface area contributed by atoms with Crippen LogP contribution in [0.25, 0.3) is 0 Å². The van der Waals surface area contributed by atoms with Crippen molar-refractivity contribution in [3.05, 3.63) is 59.4 Å². The summed E-state index contributed by atoms with van der Waals surface area (Å²) in [6.45, 7) is 4.98. The van der Waals surface area contributed by atoms with Crippen molar-refractivity contribution in [2.45, 2.75) is 13.0 Å². The van der Waals surface area contributed by atoms with Crippen molar-refractivity contribution in [3.63, 3.8) is 0 Å². The number of nitrogens with one attached hydrogen (secondary N) is 1. The molecule has 2 fully saturated rings. The molecule has 1 N–H and O–H groups in total. The normalized spacial score (nSPS) is 27.4. The molecule has 120 valence electrons. The number of aryl methyl sites for hydroxylation is 1. The van der Waals surface area contributed by atoms with Crippen LogP contribution in [-0.4, -0.2) is 47.4 Å². The first-order valence-corrected chi connectivity index (χ1v) is 8.33. The van der Waals surface area contributed by atoms with Crippen LogP contribution in [0.5, 0.6) is 0 Å². The SMILES string of the molecule is Cc1ccccc1[C@@H]1[C@@H]2CN(C(=O)c3ccc[nH]3)C[C@@H]2CN1C. The second kappa shape index (κ2) is 5.53. The minimum absolute atomic E-state index is 0.135. The van der Waals surface area contributed by atoms with Gasteiger partial charge in [0.15, 0.2) is 0 Å². The van der Waals surface area contributed by atoms with Gasteiger partial charge in [0, 0.05) is 37.8 Å². The van der Waals surface area contributed by atoms with E-state index >= 15 is 0 Å². The van der Waals surface area contributed by atoms with Crippen LogP contribution < -0.4 is 0 Å². The van der Waals surface area contributed by atoms with Crippen molar-refractivity contribution in [1.29, 1.82) is 0 Å². The minimum Gasteiger partial charge on any atom is -0.357 e. The molecule has 2 aromatic rings. The highest BCUT2D eigenvalue weighted by molar-refractivity contribution is 5.92. The average Bonchev–Trinajstić information content (AvgIpc) is 3.23. The Morgan fingerprint density at radius 1 is 1.13 bits per heavy atom. The van der Waals surface area contributed by atoms with Crippen LogP contribution in [-0.2, 0) is 0 Å². The molecule has 0 saturated carbocycles. The fourth-order valence-corrected chi connectivity index (χ4v) is 4.44. The van der Waals surface area contributed by atoms with Crippen molar-refractivity contribution in [2.24, 2.45) is 11.8 Å². The number of carbonyl (C=O) groups excluding carboxylic acids is 1. The fourth-order valence-electron chi connectivity index (χ4n) is 4.44. The summed E-state index contributed by atoms with van der Waals surface area (Å²) in [6, 6.07) is 12.8.